The number of halogens is 2. The van der Waals surface area contributed by atoms with Crippen molar-refractivity contribution < 1.29 is 33.6 Å². The number of hydrogen-bond acceptors (Lipinski definition) is 8. The SMILES string of the molecule is CCOc1cc(/C=C2\C(=O)NC(=O)N(c3ccc([N+](=O)[O-])cc3)C2=O)cc(Cl)c1OCC(=O)Nc1ccc(Cl)cc1. The van der Waals surface area contributed by atoms with Crippen molar-refractivity contribution in [3.8, 4) is 11.5 Å². The van der Waals surface area contributed by atoms with Crippen molar-refractivity contribution in [2.45, 2.75) is 6.92 Å². The highest BCUT2D eigenvalue weighted by Gasteiger charge is 2.37. The number of nitrogens with zero attached hydrogens (tertiary/aromatic N) is 2. The number of carbonyl (C=O) groups excluding carboxylic acids is 4. The largest absolute Gasteiger partial charge is 0.490 e. The van der Waals surface area contributed by atoms with Crippen LogP contribution in [-0.2, 0) is 14.4 Å². The Kier molecular flexibility index (Phi) is 8.85. The van der Waals surface area contributed by atoms with Gasteiger partial charge in [0.05, 0.1) is 22.2 Å². The predicted octanol–water partition coefficient (Wildman–Crippen LogP) is 4.98. The van der Waals surface area contributed by atoms with E-state index in [0.29, 0.717) is 15.6 Å². The summed E-state index contributed by atoms with van der Waals surface area (Å²) in [5.41, 5.74) is 0.140. The van der Waals surface area contributed by atoms with Crippen molar-refractivity contribution in [1.29, 1.82) is 0 Å². The Balaban J connectivity index is 1.57. The zero-order valence-electron chi connectivity index (χ0n) is 21.2. The molecule has 0 aliphatic carbocycles. The number of amides is 5. The van der Waals surface area contributed by atoms with E-state index in [4.69, 9.17) is 32.7 Å². The fourth-order valence-electron chi connectivity index (χ4n) is 3.72. The third-order valence-corrected chi connectivity index (χ3v) is 6.07. The molecule has 210 valence electrons. The fraction of sp³-hybridized carbons (Fsp3) is 0.111. The number of nitro benzene ring substituents is 1. The first-order chi connectivity index (χ1) is 19.6. The molecule has 1 aliphatic rings. The number of rotatable bonds is 9. The van der Waals surface area contributed by atoms with Crippen molar-refractivity contribution in [2.75, 3.05) is 23.4 Å². The number of hydrogen-bond donors (Lipinski definition) is 2. The molecule has 0 unspecified atom stereocenters. The van der Waals surface area contributed by atoms with Crippen LogP contribution in [0.1, 0.15) is 12.5 Å². The molecule has 5 amide bonds. The first-order valence-electron chi connectivity index (χ1n) is 11.9. The molecule has 41 heavy (non-hydrogen) atoms. The average Bonchev–Trinajstić information content (AvgIpc) is 2.92. The lowest BCUT2D eigenvalue weighted by Crippen LogP contribution is -2.54. The van der Waals surface area contributed by atoms with Gasteiger partial charge in [-0.25, -0.2) is 9.69 Å². The summed E-state index contributed by atoms with van der Waals surface area (Å²) in [6, 6.07) is 13.0. The van der Waals surface area contributed by atoms with Crippen LogP contribution in [0.2, 0.25) is 10.0 Å². The highest BCUT2D eigenvalue weighted by atomic mass is 35.5. The third kappa shape index (κ3) is 6.80. The van der Waals surface area contributed by atoms with E-state index in [9.17, 15) is 29.3 Å². The van der Waals surface area contributed by atoms with Gasteiger partial charge in [0.1, 0.15) is 5.57 Å². The van der Waals surface area contributed by atoms with E-state index in [0.717, 1.165) is 12.1 Å². The number of urea groups is 1. The first kappa shape index (κ1) is 29.1. The number of anilines is 2. The van der Waals surface area contributed by atoms with Gasteiger partial charge in [-0.1, -0.05) is 23.2 Å². The van der Waals surface area contributed by atoms with E-state index < -0.39 is 40.9 Å². The summed E-state index contributed by atoms with van der Waals surface area (Å²) in [5, 5.41) is 16.2. The number of non-ortho nitro benzene ring substituents is 1. The molecule has 14 heteroatoms. The fourth-order valence-corrected chi connectivity index (χ4v) is 4.12. The Bertz CT molecular complexity index is 1570. The van der Waals surface area contributed by atoms with Crippen LogP contribution in [0.3, 0.4) is 0 Å². The van der Waals surface area contributed by atoms with E-state index in [-0.39, 0.29) is 40.1 Å². The molecule has 4 rings (SSSR count). The maximum absolute atomic E-state index is 13.2. The highest BCUT2D eigenvalue weighted by molar-refractivity contribution is 6.39. The molecule has 3 aromatic carbocycles. The Labute approximate surface area is 242 Å². The van der Waals surface area contributed by atoms with Gasteiger partial charge in [-0.15, -0.1) is 0 Å². The molecule has 1 fully saturated rings. The summed E-state index contributed by atoms with van der Waals surface area (Å²) in [4.78, 5) is 61.6. The highest BCUT2D eigenvalue weighted by Crippen LogP contribution is 2.37. The van der Waals surface area contributed by atoms with Crippen LogP contribution in [0.4, 0.5) is 21.9 Å². The third-order valence-electron chi connectivity index (χ3n) is 5.54. The van der Waals surface area contributed by atoms with Crippen molar-refractivity contribution in [2.24, 2.45) is 0 Å². The minimum absolute atomic E-state index is 0.0187. The second-order valence-electron chi connectivity index (χ2n) is 8.34. The summed E-state index contributed by atoms with van der Waals surface area (Å²) in [6.45, 7) is 1.50. The lowest BCUT2D eigenvalue weighted by atomic mass is 10.1. The average molecular weight is 599 g/mol. The molecule has 0 radical (unpaired) electrons. The number of benzene rings is 3. The van der Waals surface area contributed by atoms with E-state index in [1.54, 1.807) is 31.2 Å². The lowest BCUT2D eigenvalue weighted by Gasteiger charge is -2.26. The molecule has 0 aromatic heterocycles. The number of ether oxygens (including phenoxy) is 2. The molecule has 1 saturated heterocycles. The van der Waals surface area contributed by atoms with Crippen molar-refractivity contribution in [3.63, 3.8) is 0 Å². The predicted molar refractivity (Wildman–Crippen MR) is 150 cm³/mol. The van der Waals surface area contributed by atoms with E-state index in [1.165, 1.54) is 30.3 Å². The molecule has 2 N–H and O–H groups in total. The number of barbiturate groups is 1. The topological polar surface area (TPSA) is 157 Å². The van der Waals surface area contributed by atoms with E-state index in [2.05, 4.69) is 10.6 Å². The van der Waals surface area contributed by atoms with Crippen molar-refractivity contribution in [1.82, 2.24) is 5.32 Å². The minimum atomic E-state index is -1.01. The van der Waals surface area contributed by atoms with Gasteiger partial charge in [0.25, 0.3) is 23.4 Å². The zero-order valence-corrected chi connectivity index (χ0v) is 22.7. The summed E-state index contributed by atoms with van der Waals surface area (Å²) < 4.78 is 11.2. The molecule has 0 spiro atoms. The van der Waals surface area contributed by atoms with Gasteiger partial charge in [0.2, 0.25) is 0 Å². The van der Waals surface area contributed by atoms with Crippen LogP contribution in [-0.4, -0.2) is 41.9 Å². The van der Waals surface area contributed by atoms with Crippen LogP contribution in [0.25, 0.3) is 6.08 Å². The Morgan fingerprint density at radius 3 is 2.37 bits per heavy atom. The molecule has 0 saturated carbocycles. The molecule has 0 bridgehead atoms. The summed E-state index contributed by atoms with van der Waals surface area (Å²) in [5.74, 6) is -2.19. The Morgan fingerprint density at radius 2 is 1.73 bits per heavy atom. The van der Waals surface area contributed by atoms with E-state index in [1.807, 2.05) is 0 Å². The molecular weight excluding hydrogens is 579 g/mol. The van der Waals surface area contributed by atoms with Gasteiger partial charge in [-0.2, -0.15) is 0 Å². The smallest absolute Gasteiger partial charge is 0.335 e. The molecular formula is C27H20Cl2N4O8. The maximum Gasteiger partial charge on any atom is 0.335 e. The number of nitro groups is 1. The first-order valence-corrected chi connectivity index (χ1v) is 12.6. The molecule has 0 atom stereocenters. The Hall–Kier alpha value is -4.94. The van der Waals surface area contributed by atoms with Crippen molar-refractivity contribution >= 4 is 70.1 Å². The monoisotopic (exact) mass is 598 g/mol. The van der Waals surface area contributed by atoms with Gasteiger partial charge in [-0.05, 0) is 67.1 Å². The van der Waals surface area contributed by atoms with Crippen LogP contribution >= 0.6 is 23.2 Å². The van der Waals surface area contributed by atoms with Crippen LogP contribution in [0.15, 0.2) is 66.2 Å². The van der Waals surface area contributed by atoms with Crippen LogP contribution < -0.4 is 25.0 Å². The molecule has 12 nitrogen and oxygen atoms in total. The Morgan fingerprint density at radius 1 is 1.05 bits per heavy atom. The molecule has 1 aliphatic heterocycles. The van der Waals surface area contributed by atoms with Gasteiger partial charge in [-0.3, -0.25) is 29.8 Å². The second-order valence-corrected chi connectivity index (χ2v) is 9.18. The number of nitrogens with one attached hydrogen (secondary N) is 2. The minimum Gasteiger partial charge on any atom is -0.490 e. The van der Waals surface area contributed by atoms with Gasteiger partial charge in [0.15, 0.2) is 18.1 Å². The van der Waals surface area contributed by atoms with Gasteiger partial charge < -0.3 is 14.8 Å². The standard InChI is InChI=1S/C27H20Cl2N4O8/c1-2-40-22-13-15(12-21(29)24(22)41-14-23(34)30-17-5-3-16(28)4-6-17)11-20-25(35)31-27(37)32(26(20)36)18-7-9-19(10-8-18)33(38)39/h3-13H,2,14H2,1H3,(H,30,34)(H,31,35,37)/b20-11+. The lowest BCUT2D eigenvalue weighted by molar-refractivity contribution is -0.384. The number of imide groups is 2. The number of carbonyl (C=O) groups is 4. The van der Waals surface area contributed by atoms with Crippen LogP contribution in [0.5, 0.6) is 11.5 Å². The van der Waals surface area contributed by atoms with Crippen LogP contribution in [0, 0.1) is 10.1 Å². The van der Waals surface area contributed by atoms with E-state index >= 15 is 0 Å². The van der Waals surface area contributed by atoms with Gasteiger partial charge >= 0.3 is 6.03 Å². The summed E-state index contributed by atoms with van der Waals surface area (Å²) in [6.07, 6.45) is 1.20. The van der Waals surface area contributed by atoms with Crippen molar-refractivity contribution in [3.05, 3.63) is 92.0 Å². The maximum atomic E-state index is 13.2. The molecule has 1 heterocycles. The second kappa shape index (κ2) is 12.5. The zero-order chi connectivity index (χ0) is 29.7. The quantitative estimate of drug-likeness (QED) is 0.151. The van der Waals surface area contributed by atoms with Gasteiger partial charge in [0, 0.05) is 22.8 Å². The normalized spacial score (nSPS) is 14.1. The summed E-state index contributed by atoms with van der Waals surface area (Å²) >= 11 is 12.3. The summed E-state index contributed by atoms with van der Waals surface area (Å²) in [7, 11) is 0. The molecule has 3 aromatic rings.